The van der Waals surface area contributed by atoms with Crippen LogP contribution in [0, 0.1) is 5.82 Å². The zero-order valence-corrected chi connectivity index (χ0v) is 13.1. The van der Waals surface area contributed by atoms with Crippen LogP contribution < -0.4 is 5.32 Å². The van der Waals surface area contributed by atoms with Gasteiger partial charge in [0.05, 0.1) is 5.56 Å². The largest absolute Gasteiger partial charge is 0.444 e. The molecule has 0 spiro atoms. The van der Waals surface area contributed by atoms with Crippen molar-refractivity contribution < 1.29 is 27.1 Å². The zero-order chi connectivity index (χ0) is 17.7. The molecule has 0 aliphatic carbocycles. The maximum Gasteiger partial charge on any atom is 0.417 e. The van der Waals surface area contributed by atoms with Gasteiger partial charge in [0.25, 0.3) is 0 Å². The third kappa shape index (κ3) is 7.17. The average molecular weight is 333 g/mol. The molecular weight excluding hydrogens is 314 g/mol. The van der Waals surface area contributed by atoms with Crippen LogP contribution in [0.1, 0.15) is 38.3 Å². The highest BCUT2D eigenvalue weighted by atomic mass is 19.4. The van der Waals surface area contributed by atoms with Gasteiger partial charge >= 0.3 is 12.3 Å². The molecule has 1 N–H and O–H groups in total. The fourth-order valence-corrected chi connectivity index (χ4v) is 1.70. The quantitative estimate of drug-likeness (QED) is 0.636. The molecule has 0 unspecified atom stereocenters. The summed E-state index contributed by atoms with van der Waals surface area (Å²) in [6.45, 7) is 5.38. The third-order valence-electron chi connectivity index (χ3n) is 2.60. The summed E-state index contributed by atoms with van der Waals surface area (Å²) in [5, 5.41) is 2.48. The van der Waals surface area contributed by atoms with E-state index in [4.69, 9.17) is 4.74 Å². The fourth-order valence-electron chi connectivity index (χ4n) is 1.70. The van der Waals surface area contributed by atoms with Crippen LogP contribution in [0.4, 0.5) is 22.4 Å². The summed E-state index contributed by atoms with van der Waals surface area (Å²) in [6, 6.07) is 2.49. The molecule has 1 rings (SSSR count). The second-order valence-electron chi connectivity index (χ2n) is 5.85. The lowest BCUT2D eigenvalue weighted by Gasteiger charge is -2.19. The van der Waals surface area contributed by atoms with Gasteiger partial charge in [-0.2, -0.15) is 13.2 Å². The Bertz CT molecular complexity index is 574. The van der Waals surface area contributed by atoms with Crippen molar-refractivity contribution in [2.75, 3.05) is 6.54 Å². The van der Waals surface area contributed by atoms with Crippen LogP contribution in [-0.4, -0.2) is 18.2 Å². The Morgan fingerprint density at radius 1 is 1.26 bits per heavy atom. The monoisotopic (exact) mass is 333 g/mol. The van der Waals surface area contributed by atoms with E-state index in [1.165, 1.54) is 12.2 Å². The Labute approximate surface area is 132 Å². The number of alkyl halides is 3. The van der Waals surface area contributed by atoms with E-state index < -0.39 is 29.3 Å². The lowest BCUT2D eigenvalue weighted by molar-refractivity contribution is -0.137. The first-order valence-corrected chi connectivity index (χ1v) is 6.99. The third-order valence-corrected chi connectivity index (χ3v) is 2.60. The van der Waals surface area contributed by atoms with Crippen molar-refractivity contribution in [3.05, 3.63) is 41.2 Å². The predicted octanol–water partition coefficient (Wildman–Crippen LogP) is 4.77. The molecule has 0 aliphatic heterocycles. The van der Waals surface area contributed by atoms with Gasteiger partial charge in [-0.05, 0) is 44.9 Å². The second kappa shape index (κ2) is 7.48. The van der Waals surface area contributed by atoms with Gasteiger partial charge < -0.3 is 10.1 Å². The maximum atomic E-state index is 13.0. The Morgan fingerprint density at radius 3 is 2.48 bits per heavy atom. The van der Waals surface area contributed by atoms with Crippen molar-refractivity contribution in [2.24, 2.45) is 0 Å². The normalized spacial score (nSPS) is 12.5. The van der Waals surface area contributed by atoms with Gasteiger partial charge in [-0.3, -0.25) is 0 Å². The lowest BCUT2D eigenvalue weighted by Crippen LogP contribution is -2.32. The summed E-state index contributed by atoms with van der Waals surface area (Å²) in [5.74, 6) is -0.943. The first-order valence-electron chi connectivity index (χ1n) is 6.99. The topological polar surface area (TPSA) is 38.3 Å². The van der Waals surface area contributed by atoms with E-state index in [0.29, 0.717) is 12.5 Å². The van der Waals surface area contributed by atoms with Crippen molar-refractivity contribution in [1.82, 2.24) is 5.32 Å². The second-order valence-corrected chi connectivity index (χ2v) is 5.85. The summed E-state index contributed by atoms with van der Waals surface area (Å²) in [6.07, 6.45) is -2.19. The SMILES string of the molecule is CC(C)(C)OC(=O)NCCC=Cc1ccc(F)cc1C(F)(F)F. The molecular formula is C16H19F4NO2. The lowest BCUT2D eigenvalue weighted by atomic mass is 10.1. The number of hydrogen-bond donors (Lipinski definition) is 1. The summed E-state index contributed by atoms with van der Waals surface area (Å²) >= 11 is 0. The van der Waals surface area contributed by atoms with E-state index in [1.807, 2.05) is 0 Å². The first kappa shape index (κ1) is 19.0. The molecule has 1 aromatic rings. The minimum Gasteiger partial charge on any atom is -0.444 e. The van der Waals surface area contributed by atoms with E-state index in [1.54, 1.807) is 20.8 Å². The van der Waals surface area contributed by atoms with Crippen molar-refractivity contribution >= 4 is 12.2 Å². The van der Waals surface area contributed by atoms with Crippen LogP contribution in [0.3, 0.4) is 0 Å². The van der Waals surface area contributed by atoms with Crippen molar-refractivity contribution in [2.45, 2.75) is 39.0 Å². The smallest absolute Gasteiger partial charge is 0.417 e. The molecule has 0 fully saturated rings. The zero-order valence-electron chi connectivity index (χ0n) is 13.1. The summed E-state index contributed by atoms with van der Waals surface area (Å²) in [5.41, 5.74) is -1.78. The maximum absolute atomic E-state index is 13.0. The van der Waals surface area contributed by atoms with Crippen LogP contribution >= 0.6 is 0 Å². The van der Waals surface area contributed by atoms with Crippen LogP contribution in [-0.2, 0) is 10.9 Å². The van der Waals surface area contributed by atoms with Crippen LogP contribution in [0.5, 0.6) is 0 Å². The molecule has 3 nitrogen and oxygen atoms in total. The van der Waals surface area contributed by atoms with Crippen molar-refractivity contribution in [3.8, 4) is 0 Å². The highest BCUT2D eigenvalue weighted by Crippen LogP contribution is 2.33. The number of amides is 1. The molecule has 0 aliphatic rings. The van der Waals surface area contributed by atoms with E-state index in [-0.39, 0.29) is 12.1 Å². The Morgan fingerprint density at radius 2 is 1.91 bits per heavy atom. The Balaban J connectivity index is 2.58. The number of carbonyl (C=O) groups excluding carboxylic acids is 1. The Hall–Kier alpha value is -2.05. The number of carbonyl (C=O) groups is 1. The van der Waals surface area contributed by atoms with Gasteiger partial charge in [0.1, 0.15) is 11.4 Å². The van der Waals surface area contributed by atoms with Gasteiger partial charge in [0.2, 0.25) is 0 Å². The van der Waals surface area contributed by atoms with Gasteiger partial charge in [0.15, 0.2) is 0 Å². The standard InChI is InChI=1S/C16H19F4NO2/c1-15(2,3)23-14(22)21-9-5-4-6-11-7-8-12(17)10-13(11)16(18,19)20/h4,6-8,10H,5,9H2,1-3H3,(H,21,22). The first-order chi connectivity index (χ1) is 10.5. The number of hydrogen-bond acceptors (Lipinski definition) is 2. The van der Waals surface area contributed by atoms with E-state index >= 15 is 0 Å². The molecule has 0 heterocycles. The Kier molecular flexibility index (Phi) is 6.18. The molecule has 23 heavy (non-hydrogen) atoms. The highest BCUT2D eigenvalue weighted by molar-refractivity contribution is 5.67. The van der Waals surface area contributed by atoms with Crippen LogP contribution in [0.2, 0.25) is 0 Å². The van der Waals surface area contributed by atoms with Gasteiger partial charge in [-0.25, -0.2) is 9.18 Å². The van der Waals surface area contributed by atoms with E-state index in [2.05, 4.69) is 5.32 Å². The van der Waals surface area contributed by atoms with E-state index in [9.17, 15) is 22.4 Å². The average Bonchev–Trinajstić information content (AvgIpc) is 2.36. The molecule has 0 saturated heterocycles. The van der Waals surface area contributed by atoms with Gasteiger partial charge in [0, 0.05) is 6.54 Å². The molecule has 0 radical (unpaired) electrons. The molecule has 1 amide bonds. The number of rotatable bonds is 4. The van der Waals surface area contributed by atoms with E-state index in [0.717, 1.165) is 12.1 Å². The van der Waals surface area contributed by atoms with Crippen molar-refractivity contribution in [3.63, 3.8) is 0 Å². The minimum atomic E-state index is -4.63. The highest BCUT2D eigenvalue weighted by Gasteiger charge is 2.33. The molecule has 0 bridgehead atoms. The summed E-state index contributed by atoms with van der Waals surface area (Å²) in [4.78, 5) is 11.4. The number of halogens is 4. The van der Waals surface area contributed by atoms with Crippen molar-refractivity contribution in [1.29, 1.82) is 0 Å². The molecule has 1 aromatic carbocycles. The summed E-state index contributed by atoms with van der Waals surface area (Å²) < 4.78 is 56.4. The molecule has 0 aromatic heterocycles. The van der Waals surface area contributed by atoms with Gasteiger partial charge in [-0.1, -0.05) is 18.2 Å². The molecule has 0 saturated carbocycles. The predicted molar refractivity (Wildman–Crippen MR) is 79.3 cm³/mol. The number of ether oxygens (including phenoxy) is 1. The molecule has 128 valence electrons. The molecule has 7 heteroatoms. The van der Waals surface area contributed by atoms with Crippen LogP contribution in [0.25, 0.3) is 6.08 Å². The number of benzene rings is 1. The number of nitrogens with one attached hydrogen (secondary N) is 1. The van der Waals surface area contributed by atoms with Gasteiger partial charge in [-0.15, -0.1) is 0 Å². The molecule has 0 atom stereocenters. The minimum absolute atomic E-state index is 0.129. The fraction of sp³-hybridized carbons (Fsp3) is 0.438. The van der Waals surface area contributed by atoms with Crippen LogP contribution in [0.15, 0.2) is 24.3 Å². The number of alkyl carbamates (subject to hydrolysis) is 1. The summed E-state index contributed by atoms with van der Waals surface area (Å²) in [7, 11) is 0.